The second-order valence-corrected chi connectivity index (χ2v) is 10.2. The summed E-state index contributed by atoms with van der Waals surface area (Å²) in [7, 11) is -4.32. The summed E-state index contributed by atoms with van der Waals surface area (Å²) in [4.78, 5) is 19.8. The molecular weight excluding hydrogens is 385 g/mol. The van der Waals surface area contributed by atoms with Crippen LogP contribution in [0.5, 0.6) is 5.75 Å². The van der Waals surface area contributed by atoms with Gasteiger partial charge in [-0.15, -0.1) is 0 Å². The minimum absolute atomic E-state index is 0.243. The molecule has 0 radical (unpaired) electrons. The highest BCUT2D eigenvalue weighted by molar-refractivity contribution is 7.53. The van der Waals surface area contributed by atoms with E-state index in [0.29, 0.717) is 18.6 Å². The minimum Gasteiger partial charge on any atom is -0.508 e. The van der Waals surface area contributed by atoms with Gasteiger partial charge < -0.3 is 20.2 Å². The van der Waals surface area contributed by atoms with Gasteiger partial charge in [0.05, 0.1) is 0 Å². The maximum atomic E-state index is 12.1. The normalized spacial score (nSPS) is 12.4. The molecule has 0 heterocycles. The van der Waals surface area contributed by atoms with Crippen LogP contribution in [0.2, 0.25) is 0 Å². The first-order valence-electron chi connectivity index (χ1n) is 10.2. The van der Waals surface area contributed by atoms with Gasteiger partial charge in [-0.25, -0.2) is 0 Å². The zero-order chi connectivity index (χ0) is 22.0. The van der Waals surface area contributed by atoms with Gasteiger partial charge in [-0.2, -0.15) is 0 Å². The molecule has 0 spiro atoms. The molecule has 0 fully saturated rings. The van der Waals surface area contributed by atoms with E-state index >= 15 is 0 Å². The van der Waals surface area contributed by atoms with Crippen molar-refractivity contribution in [3.63, 3.8) is 0 Å². The number of hydrogen-bond donors (Lipinski definition) is 4. The Balaban J connectivity index is 2.37. The molecule has 0 aliphatic carbocycles. The number of phenols is 1. The molecule has 0 bridgehead atoms. The van der Waals surface area contributed by atoms with Gasteiger partial charge in [0.2, 0.25) is 0 Å². The topological polar surface area (TPSA) is 89.8 Å². The third kappa shape index (κ3) is 5.03. The van der Waals surface area contributed by atoms with Gasteiger partial charge in [-0.1, -0.05) is 39.8 Å². The maximum absolute atomic E-state index is 12.1. The van der Waals surface area contributed by atoms with Crippen LogP contribution in [0.4, 0.5) is 5.69 Å². The number of aryl methyl sites for hydroxylation is 2. The van der Waals surface area contributed by atoms with E-state index in [4.69, 9.17) is 0 Å². The van der Waals surface area contributed by atoms with E-state index in [-0.39, 0.29) is 5.92 Å². The van der Waals surface area contributed by atoms with Crippen LogP contribution < -0.4 is 5.32 Å². The van der Waals surface area contributed by atoms with Crippen molar-refractivity contribution in [2.75, 3.05) is 5.32 Å². The molecule has 2 rings (SSSR count). The first-order chi connectivity index (χ1) is 13.4. The molecule has 0 atom stereocenters. The van der Waals surface area contributed by atoms with Crippen molar-refractivity contribution in [3.05, 3.63) is 58.1 Å². The van der Waals surface area contributed by atoms with Crippen molar-refractivity contribution >= 4 is 13.3 Å². The molecule has 0 aromatic heterocycles. The van der Waals surface area contributed by atoms with Crippen LogP contribution in [0.25, 0.3) is 0 Å². The predicted molar refractivity (Wildman–Crippen MR) is 120 cm³/mol. The van der Waals surface area contributed by atoms with Gasteiger partial charge in [-0.05, 0) is 85.0 Å². The molecule has 0 unspecified atom stereocenters. The number of hydrogen-bond acceptors (Lipinski definition) is 3. The highest BCUT2D eigenvalue weighted by Crippen LogP contribution is 2.54. The summed E-state index contributed by atoms with van der Waals surface area (Å²) in [6, 6.07) is 9.67. The summed E-state index contributed by atoms with van der Waals surface area (Å²) in [5.74, 6) is 0.567. The Bertz CT molecular complexity index is 890. The van der Waals surface area contributed by atoms with E-state index in [1.165, 1.54) is 5.56 Å². The van der Waals surface area contributed by atoms with Gasteiger partial charge in [0, 0.05) is 5.69 Å². The summed E-state index contributed by atoms with van der Waals surface area (Å²) >= 11 is 0. The molecule has 0 saturated carbocycles. The van der Waals surface area contributed by atoms with Crippen molar-refractivity contribution in [3.8, 4) is 5.75 Å². The van der Waals surface area contributed by atoms with E-state index in [0.717, 1.165) is 34.4 Å². The van der Waals surface area contributed by atoms with Crippen LogP contribution in [-0.2, 0) is 11.0 Å². The van der Waals surface area contributed by atoms with Crippen LogP contribution in [0.15, 0.2) is 30.3 Å². The largest absolute Gasteiger partial charge is 0.508 e. The number of aromatic hydroxyl groups is 1. The zero-order valence-corrected chi connectivity index (χ0v) is 19.2. The maximum Gasteiger partial charge on any atom is 0.350 e. The number of phenolic OH excluding ortho intramolecular Hbond substituents is 1. The highest BCUT2D eigenvalue weighted by atomic mass is 31.2. The van der Waals surface area contributed by atoms with Crippen LogP contribution in [0.1, 0.15) is 74.3 Å². The second kappa shape index (κ2) is 8.91. The first-order valence-corrected chi connectivity index (χ1v) is 11.8. The Morgan fingerprint density at radius 1 is 1.03 bits per heavy atom. The minimum atomic E-state index is -4.32. The van der Waals surface area contributed by atoms with Crippen LogP contribution in [0, 0.1) is 13.8 Å². The Labute approximate surface area is 174 Å². The monoisotopic (exact) mass is 419 g/mol. The van der Waals surface area contributed by atoms with Gasteiger partial charge >= 0.3 is 7.60 Å². The molecule has 160 valence electrons. The number of benzene rings is 2. The van der Waals surface area contributed by atoms with E-state index < -0.39 is 12.9 Å². The van der Waals surface area contributed by atoms with Gasteiger partial charge in [0.25, 0.3) is 0 Å². The molecule has 2 aromatic rings. The summed E-state index contributed by atoms with van der Waals surface area (Å²) in [5.41, 5.74) is 6.12. The molecule has 29 heavy (non-hydrogen) atoms. The number of nitrogens with one attached hydrogen (secondary N) is 1. The Morgan fingerprint density at radius 3 is 2.03 bits per heavy atom. The summed E-state index contributed by atoms with van der Waals surface area (Å²) in [5, 5.41) is 12.0. The molecule has 4 N–H and O–H groups in total. The van der Waals surface area contributed by atoms with Crippen LogP contribution in [0.3, 0.4) is 0 Å². The average Bonchev–Trinajstić information content (AvgIpc) is 2.62. The molecule has 6 heteroatoms. The van der Waals surface area contributed by atoms with Crippen LogP contribution >= 0.6 is 7.60 Å². The standard InChI is InChI=1S/C23H34NO4P/c1-7-23(8-2,29(26,27)28)24-19-11-16(5)21(17(6)12-19)14-18-9-10-22(25)20(13-18)15(3)4/h9-13,15,24-25H,7-8,14H2,1-6H3,(H2,26,27,28). The second-order valence-electron chi connectivity index (χ2n) is 8.22. The molecule has 0 aliphatic rings. The smallest absolute Gasteiger partial charge is 0.350 e. The lowest BCUT2D eigenvalue weighted by molar-refractivity contribution is 0.326. The van der Waals surface area contributed by atoms with E-state index in [1.807, 2.05) is 32.0 Å². The van der Waals surface area contributed by atoms with E-state index in [9.17, 15) is 19.5 Å². The fourth-order valence-corrected chi connectivity index (χ4v) is 5.00. The lowest BCUT2D eigenvalue weighted by Crippen LogP contribution is -2.36. The Morgan fingerprint density at radius 2 is 1.59 bits per heavy atom. The predicted octanol–water partition coefficient (Wildman–Crippen LogP) is 5.83. The summed E-state index contributed by atoms with van der Waals surface area (Å²) < 4.78 is 12.1. The van der Waals surface area contributed by atoms with Gasteiger partial charge in [0.1, 0.15) is 11.0 Å². The molecule has 5 nitrogen and oxygen atoms in total. The zero-order valence-electron chi connectivity index (χ0n) is 18.3. The van der Waals surface area contributed by atoms with E-state index in [2.05, 4.69) is 25.2 Å². The molecule has 2 aromatic carbocycles. The van der Waals surface area contributed by atoms with Gasteiger partial charge in [-0.3, -0.25) is 4.57 Å². The lowest BCUT2D eigenvalue weighted by Gasteiger charge is -2.34. The quantitative estimate of drug-likeness (QED) is 0.404. The van der Waals surface area contributed by atoms with Crippen molar-refractivity contribution in [1.82, 2.24) is 0 Å². The molecule has 0 saturated heterocycles. The Kier molecular flexibility index (Phi) is 7.21. The first kappa shape index (κ1) is 23.5. The van der Waals surface area contributed by atoms with Gasteiger partial charge in [0.15, 0.2) is 0 Å². The molecule has 0 aliphatic heterocycles. The van der Waals surface area contributed by atoms with Crippen molar-refractivity contribution in [2.24, 2.45) is 0 Å². The third-order valence-electron chi connectivity index (χ3n) is 5.90. The fourth-order valence-electron chi connectivity index (χ4n) is 3.91. The lowest BCUT2D eigenvalue weighted by atomic mass is 9.92. The van der Waals surface area contributed by atoms with E-state index in [1.54, 1.807) is 19.9 Å². The van der Waals surface area contributed by atoms with Crippen molar-refractivity contribution in [2.45, 2.75) is 72.0 Å². The summed E-state index contributed by atoms with van der Waals surface area (Å²) in [6.45, 7) is 11.7. The molecule has 0 amide bonds. The molecular formula is C23H34NO4P. The third-order valence-corrected chi connectivity index (χ3v) is 7.75. The Hall–Kier alpha value is -1.81. The highest BCUT2D eigenvalue weighted by Gasteiger charge is 2.43. The average molecular weight is 420 g/mol. The number of anilines is 1. The van der Waals surface area contributed by atoms with Crippen molar-refractivity contribution in [1.29, 1.82) is 0 Å². The van der Waals surface area contributed by atoms with Crippen LogP contribution in [-0.4, -0.2) is 20.2 Å². The summed E-state index contributed by atoms with van der Waals surface area (Å²) in [6.07, 6.45) is 1.40. The van der Waals surface area contributed by atoms with Crippen molar-refractivity contribution < 1.29 is 19.5 Å². The fraction of sp³-hybridized carbons (Fsp3) is 0.478. The number of rotatable bonds is 8. The SMILES string of the molecule is CCC(CC)(Nc1cc(C)c(Cc2ccc(O)c(C(C)C)c2)c(C)c1)P(=O)(O)O.